The van der Waals surface area contributed by atoms with E-state index in [0.717, 1.165) is 18.2 Å². The van der Waals surface area contributed by atoms with E-state index in [1.165, 1.54) is 0 Å². The fourth-order valence-electron chi connectivity index (χ4n) is 4.15. The number of fused-ring (bicyclic) bond motifs is 2. The highest BCUT2D eigenvalue weighted by molar-refractivity contribution is 6.31. The second kappa shape index (κ2) is 7.04. The molecule has 0 unspecified atom stereocenters. The summed E-state index contributed by atoms with van der Waals surface area (Å²) < 4.78 is 7.01. The zero-order valence-electron chi connectivity index (χ0n) is 15.5. The van der Waals surface area contributed by atoms with Gasteiger partial charge in [-0.05, 0) is 43.2 Å². The van der Waals surface area contributed by atoms with Gasteiger partial charge in [-0.1, -0.05) is 29.8 Å². The molecule has 0 radical (unpaired) electrons. The average molecular weight is 408 g/mol. The third-order valence-electron chi connectivity index (χ3n) is 5.49. The van der Waals surface area contributed by atoms with Crippen molar-refractivity contribution in [2.75, 3.05) is 13.1 Å². The second-order valence-electron chi connectivity index (χ2n) is 7.28. The molecule has 1 aliphatic rings. The predicted octanol–water partition coefficient (Wildman–Crippen LogP) is 4.27. The number of piperidine rings is 1. The topological polar surface area (TPSA) is 68.3 Å². The van der Waals surface area contributed by atoms with Gasteiger partial charge in [-0.25, -0.2) is 4.79 Å². The maximum atomic E-state index is 13.3. The molecule has 0 spiro atoms. The van der Waals surface area contributed by atoms with E-state index in [1.807, 2.05) is 24.3 Å². The summed E-state index contributed by atoms with van der Waals surface area (Å²) in [5.41, 5.74) is 2.44. The SMILES string of the molecule is O=C(c1cccc2cccnc12)N1CCC[C@@H](n2c(=O)oc3ccc(Cl)cc32)C1. The number of amides is 1. The lowest BCUT2D eigenvalue weighted by atomic mass is 10.0. The Kier molecular flexibility index (Phi) is 4.36. The van der Waals surface area contributed by atoms with Crippen LogP contribution in [0.15, 0.2) is 63.9 Å². The maximum absolute atomic E-state index is 13.3. The molecular weight excluding hydrogens is 390 g/mol. The zero-order chi connectivity index (χ0) is 20.0. The molecule has 1 fully saturated rings. The van der Waals surface area contributed by atoms with Crippen molar-refractivity contribution in [3.8, 4) is 0 Å². The minimum absolute atomic E-state index is 0.0714. The van der Waals surface area contributed by atoms with Gasteiger partial charge in [0, 0.05) is 29.7 Å². The number of rotatable bonds is 2. The van der Waals surface area contributed by atoms with Crippen molar-refractivity contribution in [3.05, 3.63) is 75.9 Å². The van der Waals surface area contributed by atoms with E-state index in [9.17, 15) is 9.59 Å². The van der Waals surface area contributed by atoms with Crippen LogP contribution in [-0.2, 0) is 0 Å². The van der Waals surface area contributed by atoms with Gasteiger partial charge in [0.1, 0.15) is 0 Å². The molecule has 2 aromatic carbocycles. The maximum Gasteiger partial charge on any atom is 0.420 e. The van der Waals surface area contributed by atoms with E-state index in [-0.39, 0.29) is 11.9 Å². The molecular formula is C22H18ClN3O3. The number of halogens is 1. The smallest absolute Gasteiger partial charge is 0.408 e. The molecule has 0 bridgehead atoms. The molecule has 0 N–H and O–H groups in total. The highest BCUT2D eigenvalue weighted by Gasteiger charge is 2.29. The number of pyridine rings is 1. The first kappa shape index (κ1) is 17.9. The van der Waals surface area contributed by atoms with Gasteiger partial charge in [0.05, 0.1) is 22.6 Å². The van der Waals surface area contributed by atoms with Crippen LogP contribution in [0.4, 0.5) is 0 Å². The lowest BCUT2D eigenvalue weighted by Crippen LogP contribution is -2.42. The van der Waals surface area contributed by atoms with Crippen LogP contribution in [-0.4, -0.2) is 33.4 Å². The molecule has 5 rings (SSSR count). The zero-order valence-corrected chi connectivity index (χ0v) is 16.3. The Morgan fingerprint density at radius 3 is 2.93 bits per heavy atom. The van der Waals surface area contributed by atoms with Crippen LogP contribution in [0, 0.1) is 0 Å². The van der Waals surface area contributed by atoms with Crippen LogP contribution in [0.25, 0.3) is 22.0 Å². The summed E-state index contributed by atoms with van der Waals surface area (Å²) >= 11 is 6.12. The van der Waals surface area contributed by atoms with Crippen molar-refractivity contribution in [1.82, 2.24) is 14.5 Å². The Morgan fingerprint density at radius 2 is 2.03 bits per heavy atom. The van der Waals surface area contributed by atoms with Gasteiger partial charge in [-0.15, -0.1) is 0 Å². The van der Waals surface area contributed by atoms with E-state index < -0.39 is 5.76 Å². The molecule has 1 amide bonds. The van der Waals surface area contributed by atoms with Crippen LogP contribution < -0.4 is 5.76 Å². The Labute approximate surface area is 171 Å². The number of carbonyl (C=O) groups is 1. The standard InChI is InChI=1S/C22H18ClN3O3/c23-15-8-9-19-18(12-15)26(22(28)29-19)16-6-3-11-25(13-16)21(27)17-7-1-4-14-5-2-10-24-20(14)17/h1-2,4-5,7-10,12,16H,3,6,11,13H2/t16-/m1/s1. The van der Waals surface area contributed by atoms with Crippen molar-refractivity contribution in [2.45, 2.75) is 18.9 Å². The molecule has 0 aliphatic carbocycles. The van der Waals surface area contributed by atoms with Gasteiger partial charge < -0.3 is 9.32 Å². The minimum Gasteiger partial charge on any atom is -0.408 e. The van der Waals surface area contributed by atoms with Crippen molar-refractivity contribution < 1.29 is 9.21 Å². The van der Waals surface area contributed by atoms with Crippen molar-refractivity contribution in [2.24, 2.45) is 0 Å². The summed E-state index contributed by atoms with van der Waals surface area (Å²) in [5, 5.41) is 1.47. The Balaban J connectivity index is 1.50. The van der Waals surface area contributed by atoms with Crippen LogP contribution >= 0.6 is 11.6 Å². The summed E-state index contributed by atoms with van der Waals surface area (Å²) in [6.07, 6.45) is 3.28. The molecule has 1 aliphatic heterocycles. The molecule has 4 aromatic rings. The summed E-state index contributed by atoms with van der Waals surface area (Å²) in [6, 6.07) is 14.4. The third kappa shape index (κ3) is 3.09. The minimum atomic E-state index is -0.423. The van der Waals surface area contributed by atoms with Crippen LogP contribution in [0.2, 0.25) is 5.02 Å². The fraction of sp³-hybridized carbons (Fsp3) is 0.227. The van der Waals surface area contributed by atoms with Gasteiger partial charge in [-0.2, -0.15) is 0 Å². The Morgan fingerprint density at radius 1 is 1.17 bits per heavy atom. The lowest BCUT2D eigenvalue weighted by Gasteiger charge is -2.33. The van der Waals surface area contributed by atoms with Gasteiger partial charge in [-0.3, -0.25) is 14.3 Å². The predicted molar refractivity (Wildman–Crippen MR) is 111 cm³/mol. The molecule has 1 atom stereocenters. The summed E-state index contributed by atoms with van der Waals surface area (Å²) in [5.74, 6) is -0.494. The quantitative estimate of drug-likeness (QED) is 0.497. The normalized spacial score (nSPS) is 17.1. The van der Waals surface area contributed by atoms with E-state index >= 15 is 0 Å². The van der Waals surface area contributed by atoms with Crippen molar-refractivity contribution in [3.63, 3.8) is 0 Å². The van der Waals surface area contributed by atoms with Gasteiger partial charge in [0.25, 0.3) is 5.91 Å². The monoisotopic (exact) mass is 407 g/mol. The molecule has 6 nitrogen and oxygen atoms in total. The molecule has 0 saturated carbocycles. The summed E-state index contributed by atoms with van der Waals surface area (Å²) in [7, 11) is 0. The number of likely N-dealkylation sites (tertiary alicyclic amines) is 1. The summed E-state index contributed by atoms with van der Waals surface area (Å²) in [6.45, 7) is 1.08. The number of benzene rings is 2. The first-order valence-corrected chi connectivity index (χ1v) is 9.93. The number of para-hydroxylation sites is 1. The van der Waals surface area contributed by atoms with Crippen molar-refractivity contribution >= 4 is 39.5 Å². The summed E-state index contributed by atoms with van der Waals surface area (Å²) in [4.78, 5) is 32.0. The number of hydrogen-bond acceptors (Lipinski definition) is 4. The van der Waals surface area contributed by atoms with Crippen LogP contribution in [0.5, 0.6) is 0 Å². The van der Waals surface area contributed by atoms with E-state index in [4.69, 9.17) is 16.0 Å². The van der Waals surface area contributed by atoms with E-state index in [1.54, 1.807) is 39.9 Å². The van der Waals surface area contributed by atoms with Crippen LogP contribution in [0.3, 0.4) is 0 Å². The molecule has 146 valence electrons. The van der Waals surface area contributed by atoms with Crippen LogP contribution in [0.1, 0.15) is 29.2 Å². The van der Waals surface area contributed by atoms with E-state index in [0.29, 0.717) is 40.3 Å². The largest absolute Gasteiger partial charge is 0.420 e. The lowest BCUT2D eigenvalue weighted by molar-refractivity contribution is 0.0679. The number of carbonyl (C=O) groups excluding carboxylic acids is 1. The third-order valence-corrected chi connectivity index (χ3v) is 5.72. The Hall–Kier alpha value is -3.12. The van der Waals surface area contributed by atoms with Gasteiger partial charge in [0.15, 0.2) is 5.58 Å². The number of oxazole rings is 1. The van der Waals surface area contributed by atoms with Gasteiger partial charge >= 0.3 is 5.76 Å². The fourth-order valence-corrected chi connectivity index (χ4v) is 4.32. The first-order valence-electron chi connectivity index (χ1n) is 9.55. The highest BCUT2D eigenvalue weighted by atomic mass is 35.5. The van der Waals surface area contributed by atoms with Crippen molar-refractivity contribution in [1.29, 1.82) is 0 Å². The van der Waals surface area contributed by atoms with E-state index in [2.05, 4.69) is 4.98 Å². The molecule has 3 heterocycles. The number of nitrogens with zero attached hydrogens (tertiary/aromatic N) is 3. The van der Waals surface area contributed by atoms with Gasteiger partial charge in [0.2, 0.25) is 0 Å². The molecule has 1 saturated heterocycles. The second-order valence-corrected chi connectivity index (χ2v) is 7.71. The molecule has 2 aromatic heterocycles. The Bertz CT molecular complexity index is 1290. The first-order chi connectivity index (χ1) is 14.1. The molecule has 29 heavy (non-hydrogen) atoms. The number of aromatic nitrogens is 2. The average Bonchev–Trinajstić information content (AvgIpc) is 3.07. The molecule has 7 heteroatoms. The number of hydrogen-bond donors (Lipinski definition) is 0. The highest BCUT2D eigenvalue weighted by Crippen LogP contribution is 2.28.